The van der Waals surface area contributed by atoms with Crippen LogP contribution < -0.4 is 0 Å². The Labute approximate surface area is 85.1 Å². The number of rotatable bonds is 4. The highest BCUT2D eigenvalue weighted by atomic mass is 127. The minimum atomic E-state index is 0.748. The van der Waals surface area contributed by atoms with Crippen molar-refractivity contribution in [3.05, 3.63) is 16.0 Å². The third-order valence-corrected chi connectivity index (χ3v) is 2.20. The lowest BCUT2D eigenvalue weighted by molar-refractivity contribution is 0.573. The van der Waals surface area contributed by atoms with Crippen LogP contribution in [0.25, 0.3) is 0 Å². The summed E-state index contributed by atoms with van der Waals surface area (Å²) in [5, 5.41) is 4.15. The van der Waals surface area contributed by atoms with Crippen LogP contribution in [0.2, 0.25) is 0 Å². The summed E-state index contributed by atoms with van der Waals surface area (Å²) < 4.78 is 3.14. The van der Waals surface area contributed by atoms with Crippen molar-refractivity contribution in [2.75, 3.05) is 5.88 Å². The zero-order chi connectivity index (χ0) is 8.10. The van der Waals surface area contributed by atoms with Crippen molar-refractivity contribution in [3.63, 3.8) is 0 Å². The van der Waals surface area contributed by atoms with Gasteiger partial charge in [0.2, 0.25) is 0 Å². The molecule has 1 aromatic rings. The summed E-state index contributed by atoms with van der Waals surface area (Å²) in [6, 6.07) is 0. The lowest BCUT2D eigenvalue weighted by atomic mass is 10.3. The van der Waals surface area contributed by atoms with Crippen molar-refractivity contribution in [1.29, 1.82) is 0 Å². The molecule has 0 fully saturated rings. The summed E-state index contributed by atoms with van der Waals surface area (Å²) in [4.78, 5) is 0. The molecule has 0 saturated heterocycles. The number of hydrogen-bond donors (Lipinski definition) is 0. The van der Waals surface area contributed by atoms with Gasteiger partial charge in [0.15, 0.2) is 0 Å². The normalized spacial score (nSPS) is 10.4. The standard InChI is InChI=1S/C7H10ClIN2/c8-3-1-2-4-11-6-7(9)5-10-11/h5-6H,1-4H2. The number of nitrogens with zero attached hydrogens (tertiary/aromatic N) is 2. The van der Waals surface area contributed by atoms with Crippen molar-refractivity contribution >= 4 is 34.2 Å². The fourth-order valence-electron chi connectivity index (χ4n) is 0.829. The van der Waals surface area contributed by atoms with Crippen molar-refractivity contribution < 1.29 is 0 Å². The van der Waals surface area contributed by atoms with Gasteiger partial charge in [-0.2, -0.15) is 5.10 Å². The van der Waals surface area contributed by atoms with E-state index in [-0.39, 0.29) is 0 Å². The molecule has 4 heteroatoms. The molecule has 2 nitrogen and oxygen atoms in total. The Morgan fingerprint density at radius 3 is 2.91 bits per heavy atom. The Hall–Kier alpha value is 0.230. The molecule has 1 heterocycles. The molecule has 1 aromatic heterocycles. The van der Waals surface area contributed by atoms with E-state index in [0.29, 0.717) is 0 Å². The van der Waals surface area contributed by atoms with Crippen LogP contribution in [0, 0.1) is 3.57 Å². The maximum absolute atomic E-state index is 5.54. The van der Waals surface area contributed by atoms with Gasteiger partial charge < -0.3 is 0 Å². The molecule has 62 valence electrons. The Morgan fingerprint density at radius 1 is 1.55 bits per heavy atom. The van der Waals surface area contributed by atoms with Crippen molar-refractivity contribution in [1.82, 2.24) is 9.78 Å². The average molecular weight is 285 g/mol. The van der Waals surface area contributed by atoms with E-state index in [9.17, 15) is 0 Å². The molecule has 0 radical (unpaired) electrons. The second-order valence-electron chi connectivity index (χ2n) is 2.32. The summed E-state index contributed by atoms with van der Waals surface area (Å²) in [5.74, 6) is 0.748. The van der Waals surface area contributed by atoms with E-state index in [1.54, 1.807) is 0 Å². The fourth-order valence-corrected chi connectivity index (χ4v) is 1.46. The largest absolute Gasteiger partial charge is 0.272 e. The first-order valence-corrected chi connectivity index (χ1v) is 5.18. The van der Waals surface area contributed by atoms with Gasteiger partial charge in [-0.1, -0.05) is 0 Å². The predicted octanol–water partition coefficient (Wildman–Crippen LogP) is 2.51. The Bertz CT molecular complexity index is 212. The molecule has 0 aliphatic carbocycles. The summed E-state index contributed by atoms with van der Waals surface area (Å²) in [7, 11) is 0. The van der Waals surface area contributed by atoms with Crippen LogP contribution in [-0.2, 0) is 6.54 Å². The molecule has 0 spiro atoms. The fraction of sp³-hybridized carbons (Fsp3) is 0.571. The van der Waals surface area contributed by atoms with Crippen LogP contribution >= 0.6 is 34.2 Å². The molecular weight excluding hydrogens is 274 g/mol. The monoisotopic (exact) mass is 284 g/mol. The van der Waals surface area contributed by atoms with E-state index in [0.717, 1.165) is 25.3 Å². The lowest BCUT2D eigenvalue weighted by Gasteiger charge is -1.97. The number of halogens is 2. The zero-order valence-electron chi connectivity index (χ0n) is 6.13. The molecule has 0 aromatic carbocycles. The number of alkyl halides is 1. The summed E-state index contributed by atoms with van der Waals surface area (Å²) in [6.45, 7) is 0.982. The first-order valence-electron chi connectivity index (χ1n) is 3.57. The molecule has 11 heavy (non-hydrogen) atoms. The maximum Gasteiger partial charge on any atom is 0.0623 e. The molecule has 0 aliphatic rings. The van der Waals surface area contributed by atoms with Gasteiger partial charge >= 0.3 is 0 Å². The van der Waals surface area contributed by atoms with Gasteiger partial charge in [-0.25, -0.2) is 0 Å². The van der Waals surface area contributed by atoms with Crippen LogP contribution in [0.4, 0.5) is 0 Å². The topological polar surface area (TPSA) is 17.8 Å². The van der Waals surface area contributed by atoms with Crippen LogP contribution in [-0.4, -0.2) is 15.7 Å². The average Bonchev–Trinajstić information content (AvgIpc) is 2.37. The minimum absolute atomic E-state index is 0.748. The third kappa shape index (κ3) is 3.42. The number of aromatic nitrogens is 2. The van der Waals surface area contributed by atoms with Crippen LogP contribution in [0.1, 0.15) is 12.8 Å². The van der Waals surface area contributed by atoms with E-state index in [2.05, 4.69) is 27.7 Å². The van der Waals surface area contributed by atoms with Gasteiger partial charge in [-0.05, 0) is 35.4 Å². The molecule has 0 aliphatic heterocycles. The molecule has 0 unspecified atom stereocenters. The highest BCUT2D eigenvalue weighted by Crippen LogP contribution is 2.02. The van der Waals surface area contributed by atoms with Gasteiger partial charge in [0.25, 0.3) is 0 Å². The maximum atomic E-state index is 5.54. The Balaban J connectivity index is 2.27. The van der Waals surface area contributed by atoms with E-state index in [4.69, 9.17) is 11.6 Å². The second-order valence-corrected chi connectivity index (χ2v) is 3.94. The highest BCUT2D eigenvalue weighted by molar-refractivity contribution is 14.1. The van der Waals surface area contributed by atoms with Gasteiger partial charge in [-0.3, -0.25) is 4.68 Å². The number of aryl methyl sites for hydroxylation is 1. The van der Waals surface area contributed by atoms with Crippen LogP contribution in [0.3, 0.4) is 0 Å². The number of unbranched alkanes of at least 4 members (excludes halogenated alkanes) is 1. The lowest BCUT2D eigenvalue weighted by Crippen LogP contribution is -1.97. The van der Waals surface area contributed by atoms with Gasteiger partial charge in [-0.15, -0.1) is 11.6 Å². The van der Waals surface area contributed by atoms with Gasteiger partial charge in [0.1, 0.15) is 0 Å². The van der Waals surface area contributed by atoms with E-state index in [1.807, 2.05) is 17.1 Å². The zero-order valence-corrected chi connectivity index (χ0v) is 9.05. The SMILES string of the molecule is ClCCCCn1cc(I)cn1. The van der Waals surface area contributed by atoms with Gasteiger partial charge in [0, 0.05) is 18.6 Å². The Kier molecular flexibility index (Phi) is 4.22. The minimum Gasteiger partial charge on any atom is -0.272 e. The molecule has 0 saturated carbocycles. The highest BCUT2D eigenvalue weighted by Gasteiger charge is 1.93. The third-order valence-electron chi connectivity index (χ3n) is 1.37. The Morgan fingerprint density at radius 2 is 2.36 bits per heavy atom. The molecule has 0 amide bonds. The number of hydrogen-bond acceptors (Lipinski definition) is 1. The predicted molar refractivity (Wildman–Crippen MR) is 54.9 cm³/mol. The van der Waals surface area contributed by atoms with Crippen molar-refractivity contribution in [2.24, 2.45) is 0 Å². The van der Waals surface area contributed by atoms with Crippen LogP contribution in [0.15, 0.2) is 12.4 Å². The molecular formula is C7H10ClIN2. The van der Waals surface area contributed by atoms with Gasteiger partial charge in [0.05, 0.1) is 9.77 Å². The van der Waals surface area contributed by atoms with Crippen molar-refractivity contribution in [2.45, 2.75) is 19.4 Å². The first-order chi connectivity index (χ1) is 5.33. The summed E-state index contributed by atoms with van der Waals surface area (Å²) >= 11 is 7.79. The molecule has 1 rings (SSSR count). The smallest absolute Gasteiger partial charge is 0.0623 e. The summed E-state index contributed by atoms with van der Waals surface area (Å²) in [6.07, 6.45) is 6.08. The molecule has 0 N–H and O–H groups in total. The van der Waals surface area contributed by atoms with Crippen LogP contribution in [0.5, 0.6) is 0 Å². The van der Waals surface area contributed by atoms with E-state index >= 15 is 0 Å². The van der Waals surface area contributed by atoms with Crippen molar-refractivity contribution in [3.8, 4) is 0 Å². The quantitative estimate of drug-likeness (QED) is 0.472. The molecule has 0 bridgehead atoms. The summed E-state index contributed by atoms with van der Waals surface area (Å²) in [5.41, 5.74) is 0. The first kappa shape index (κ1) is 9.32. The second kappa shape index (κ2) is 4.98. The molecule has 0 atom stereocenters. The van der Waals surface area contributed by atoms with E-state index in [1.165, 1.54) is 3.57 Å². The van der Waals surface area contributed by atoms with E-state index < -0.39 is 0 Å².